The molecule has 0 fully saturated rings. The van der Waals surface area contributed by atoms with Gasteiger partial charge in [-0.1, -0.05) is 48.6 Å². The summed E-state index contributed by atoms with van der Waals surface area (Å²) in [5, 5.41) is 13.6. The van der Waals surface area contributed by atoms with E-state index in [4.69, 9.17) is 14.6 Å². The normalized spacial score (nSPS) is 19.4. The Hall–Kier alpha value is -4.35. The summed E-state index contributed by atoms with van der Waals surface area (Å²) in [7, 11) is 0. The van der Waals surface area contributed by atoms with Crippen LogP contribution in [0, 0.1) is 5.92 Å². The van der Waals surface area contributed by atoms with Gasteiger partial charge in [0.1, 0.15) is 18.2 Å². The molecule has 4 atom stereocenters. The number of unbranched alkanes of at least 4 members (excludes halogenated alkanes) is 1. The number of nitrogens with one attached hydrogen (secondary N) is 4. The minimum Gasteiger partial charge on any atom is -0.474 e. The maximum Gasteiger partial charge on any atom is 0.426 e. The SMILES string of the molecule is CC(C)(C)OC(=O)NCCCC[C@@H](NC(=O)C(=O)O)C(=O)NNC(=O)OCC1c2ccccc2C2C=CC=CC21. The first-order valence-corrected chi connectivity index (χ1v) is 13.1. The summed E-state index contributed by atoms with van der Waals surface area (Å²) in [4.78, 5) is 59.4. The zero-order chi connectivity index (χ0) is 29.3. The number of carbonyl (C=O) groups is 5. The van der Waals surface area contributed by atoms with Crippen molar-refractivity contribution >= 4 is 30.0 Å². The number of carboxylic acid groups (broad SMARTS) is 1. The number of allylic oxidation sites excluding steroid dienone is 4. The largest absolute Gasteiger partial charge is 0.474 e. The van der Waals surface area contributed by atoms with Gasteiger partial charge in [0.05, 0.1) is 0 Å². The second kappa shape index (κ2) is 13.6. The Balaban J connectivity index is 1.47. The van der Waals surface area contributed by atoms with E-state index in [0.29, 0.717) is 12.8 Å². The number of alkyl carbamates (subject to hydrolysis) is 1. The van der Waals surface area contributed by atoms with Crippen LogP contribution >= 0.6 is 0 Å². The van der Waals surface area contributed by atoms with E-state index < -0.39 is 41.6 Å². The number of benzene rings is 1. The van der Waals surface area contributed by atoms with Crippen molar-refractivity contribution in [3.05, 3.63) is 59.7 Å². The van der Waals surface area contributed by atoms with E-state index in [9.17, 15) is 24.0 Å². The lowest BCUT2D eigenvalue weighted by molar-refractivity contribution is -0.151. The quantitative estimate of drug-likeness (QED) is 0.175. The fraction of sp³-hybridized carbons (Fsp3) is 0.464. The van der Waals surface area contributed by atoms with Crippen molar-refractivity contribution in [2.75, 3.05) is 13.2 Å². The lowest BCUT2D eigenvalue weighted by Crippen LogP contribution is -2.53. The van der Waals surface area contributed by atoms with Crippen LogP contribution < -0.4 is 21.5 Å². The Bertz CT molecular complexity index is 1170. The van der Waals surface area contributed by atoms with Crippen molar-refractivity contribution in [1.29, 1.82) is 0 Å². The smallest absolute Gasteiger partial charge is 0.426 e. The molecule has 0 aromatic heterocycles. The molecule has 5 N–H and O–H groups in total. The number of aliphatic carboxylic acids is 1. The number of hydrogen-bond donors (Lipinski definition) is 5. The molecule has 12 heteroatoms. The zero-order valence-corrected chi connectivity index (χ0v) is 22.8. The number of hydrogen-bond acceptors (Lipinski definition) is 7. The van der Waals surface area contributed by atoms with Crippen LogP contribution in [-0.4, -0.2) is 59.9 Å². The van der Waals surface area contributed by atoms with Gasteiger partial charge in [-0.3, -0.25) is 15.0 Å². The summed E-state index contributed by atoms with van der Waals surface area (Å²) in [5.41, 5.74) is 5.98. The first-order valence-electron chi connectivity index (χ1n) is 13.1. The fourth-order valence-corrected chi connectivity index (χ4v) is 4.75. The Labute approximate surface area is 232 Å². The number of carboxylic acids is 1. The van der Waals surface area contributed by atoms with Gasteiger partial charge in [0.25, 0.3) is 5.91 Å². The Morgan fingerprint density at radius 3 is 2.35 bits per heavy atom. The average molecular weight is 557 g/mol. The molecule has 1 aromatic carbocycles. The molecule has 4 amide bonds. The van der Waals surface area contributed by atoms with Crippen LogP contribution in [0.15, 0.2) is 48.6 Å². The van der Waals surface area contributed by atoms with Crippen LogP contribution in [0.5, 0.6) is 0 Å². The Kier molecular flexibility index (Phi) is 10.3. The molecule has 1 aromatic rings. The maximum absolute atomic E-state index is 12.7. The third kappa shape index (κ3) is 8.58. The van der Waals surface area contributed by atoms with Crippen LogP contribution in [0.4, 0.5) is 9.59 Å². The molecule has 0 spiro atoms. The van der Waals surface area contributed by atoms with Gasteiger partial charge in [-0.25, -0.2) is 19.8 Å². The van der Waals surface area contributed by atoms with Gasteiger partial charge in [-0.15, -0.1) is 0 Å². The molecular weight excluding hydrogens is 520 g/mol. The Morgan fingerprint density at radius 1 is 0.950 bits per heavy atom. The lowest BCUT2D eigenvalue weighted by atomic mass is 9.84. The second-order valence-corrected chi connectivity index (χ2v) is 10.6. The molecule has 0 saturated heterocycles. The standard InChI is InChI=1S/C28H36N4O8/c1-28(2,3)40-26(37)29-15-9-8-14-22(30-24(34)25(35)36)23(33)31-32-27(38)39-16-21-19-12-6-4-10-17(19)18-11-5-7-13-20(18)21/h4-7,10-13,17,19,21-22H,8-9,14-16H2,1-3H3,(H,29,37)(H,30,34)(H,31,33)(H,32,38)(H,35,36)/t17?,19?,21?,22-/m1/s1. The highest BCUT2D eigenvalue weighted by Gasteiger charge is 2.39. The summed E-state index contributed by atoms with van der Waals surface area (Å²) < 4.78 is 10.5. The van der Waals surface area contributed by atoms with Crippen LogP contribution in [0.2, 0.25) is 0 Å². The van der Waals surface area contributed by atoms with Crippen molar-refractivity contribution in [2.24, 2.45) is 5.92 Å². The Morgan fingerprint density at radius 2 is 1.65 bits per heavy atom. The van der Waals surface area contributed by atoms with Gasteiger partial charge in [-0.05, 0) is 57.1 Å². The van der Waals surface area contributed by atoms with E-state index in [2.05, 4.69) is 39.7 Å². The van der Waals surface area contributed by atoms with E-state index in [1.165, 1.54) is 5.56 Å². The summed E-state index contributed by atoms with van der Waals surface area (Å²) in [6.45, 7) is 5.54. The minimum atomic E-state index is -1.75. The molecule has 0 aliphatic heterocycles. The van der Waals surface area contributed by atoms with Crippen LogP contribution in [0.1, 0.15) is 63.0 Å². The fourth-order valence-electron chi connectivity index (χ4n) is 4.75. The number of carbonyl (C=O) groups excluding carboxylic acids is 4. The van der Waals surface area contributed by atoms with Crippen molar-refractivity contribution in [3.63, 3.8) is 0 Å². The molecule has 2 aliphatic carbocycles. The number of fused-ring (bicyclic) bond motifs is 3. The van der Waals surface area contributed by atoms with Crippen LogP contribution in [-0.2, 0) is 23.9 Å². The van der Waals surface area contributed by atoms with Crippen molar-refractivity contribution in [2.45, 2.75) is 63.5 Å². The van der Waals surface area contributed by atoms with Gasteiger partial charge < -0.3 is 25.2 Å². The van der Waals surface area contributed by atoms with Gasteiger partial charge in [0.15, 0.2) is 0 Å². The average Bonchev–Trinajstić information content (AvgIpc) is 3.22. The lowest BCUT2D eigenvalue weighted by Gasteiger charge is -2.22. The molecule has 216 valence electrons. The summed E-state index contributed by atoms with van der Waals surface area (Å²) >= 11 is 0. The first-order chi connectivity index (χ1) is 19.0. The predicted octanol–water partition coefficient (Wildman–Crippen LogP) is 2.63. The van der Waals surface area contributed by atoms with Gasteiger partial charge in [-0.2, -0.15) is 0 Å². The van der Waals surface area contributed by atoms with Gasteiger partial charge in [0.2, 0.25) is 0 Å². The monoisotopic (exact) mass is 556 g/mol. The molecule has 12 nitrogen and oxygen atoms in total. The topological polar surface area (TPSA) is 172 Å². The van der Waals surface area contributed by atoms with Crippen molar-refractivity contribution < 1.29 is 38.6 Å². The summed E-state index contributed by atoms with van der Waals surface area (Å²) in [6.07, 6.45) is 7.55. The molecule has 0 radical (unpaired) electrons. The molecule has 0 bridgehead atoms. The highest BCUT2D eigenvalue weighted by molar-refractivity contribution is 6.32. The zero-order valence-electron chi connectivity index (χ0n) is 22.8. The third-order valence-electron chi connectivity index (χ3n) is 6.48. The molecular formula is C28H36N4O8. The van der Waals surface area contributed by atoms with Crippen LogP contribution in [0.3, 0.4) is 0 Å². The van der Waals surface area contributed by atoms with Crippen LogP contribution in [0.25, 0.3) is 0 Å². The summed E-state index contributed by atoms with van der Waals surface area (Å²) in [6, 6.07) is 6.75. The number of rotatable bonds is 9. The van der Waals surface area contributed by atoms with Gasteiger partial charge in [0, 0.05) is 18.4 Å². The molecule has 0 saturated carbocycles. The maximum atomic E-state index is 12.7. The molecule has 2 aliphatic rings. The molecule has 3 unspecified atom stereocenters. The minimum absolute atomic E-state index is 0.0549. The highest BCUT2D eigenvalue weighted by atomic mass is 16.6. The second-order valence-electron chi connectivity index (χ2n) is 10.6. The van der Waals surface area contributed by atoms with Crippen molar-refractivity contribution in [3.8, 4) is 0 Å². The molecule has 3 rings (SSSR count). The van der Waals surface area contributed by atoms with Gasteiger partial charge >= 0.3 is 24.1 Å². The van der Waals surface area contributed by atoms with E-state index in [-0.39, 0.29) is 37.3 Å². The van der Waals surface area contributed by atoms with E-state index in [1.807, 2.05) is 30.4 Å². The van der Waals surface area contributed by atoms with E-state index in [0.717, 1.165) is 5.56 Å². The molecule has 40 heavy (non-hydrogen) atoms. The highest BCUT2D eigenvalue weighted by Crippen LogP contribution is 2.49. The van der Waals surface area contributed by atoms with E-state index in [1.54, 1.807) is 20.8 Å². The summed E-state index contributed by atoms with van der Waals surface area (Å²) in [5.74, 6) is -3.64. The third-order valence-corrected chi connectivity index (χ3v) is 6.48. The number of ether oxygens (including phenoxy) is 2. The van der Waals surface area contributed by atoms with E-state index >= 15 is 0 Å². The molecule has 0 heterocycles. The first kappa shape index (κ1) is 30.2. The number of amides is 4. The van der Waals surface area contributed by atoms with Crippen molar-refractivity contribution in [1.82, 2.24) is 21.5 Å². The number of hydrazine groups is 1. The predicted molar refractivity (Wildman–Crippen MR) is 144 cm³/mol.